The van der Waals surface area contributed by atoms with Crippen LogP contribution in [0.4, 0.5) is 4.79 Å². The van der Waals surface area contributed by atoms with Gasteiger partial charge < -0.3 is 20.3 Å². The van der Waals surface area contributed by atoms with Crippen LogP contribution in [0.3, 0.4) is 0 Å². The molecule has 0 aromatic heterocycles. The fourth-order valence-electron chi connectivity index (χ4n) is 3.92. The average molecular weight is 518 g/mol. The fourth-order valence-corrected chi connectivity index (χ4v) is 3.92. The largest absolute Gasteiger partial charge is 0.444 e. The molecule has 2 atom stereocenters. The molecule has 0 saturated carbocycles. The van der Waals surface area contributed by atoms with Gasteiger partial charge in [0.1, 0.15) is 17.7 Å². The van der Waals surface area contributed by atoms with E-state index >= 15 is 0 Å². The lowest BCUT2D eigenvalue weighted by Crippen LogP contribution is -2.53. The maximum atomic E-state index is 14.0. The number of terminal acetylenes is 1. The zero-order chi connectivity index (χ0) is 28.3. The molecule has 2 unspecified atom stereocenters. The van der Waals surface area contributed by atoms with Crippen LogP contribution in [-0.4, -0.2) is 41.0 Å². The van der Waals surface area contributed by atoms with E-state index in [-0.39, 0.29) is 18.4 Å². The molecule has 7 heteroatoms. The lowest BCUT2D eigenvalue weighted by molar-refractivity contribution is -0.142. The van der Waals surface area contributed by atoms with Crippen molar-refractivity contribution >= 4 is 17.9 Å². The molecule has 0 aliphatic rings. The minimum Gasteiger partial charge on any atom is -0.444 e. The highest BCUT2D eigenvalue weighted by atomic mass is 16.6. The van der Waals surface area contributed by atoms with Crippen LogP contribution < -0.4 is 10.6 Å². The second-order valence-corrected chi connectivity index (χ2v) is 10.5. The van der Waals surface area contributed by atoms with Crippen molar-refractivity contribution < 1.29 is 19.1 Å². The second kappa shape index (κ2) is 14.0. The van der Waals surface area contributed by atoms with E-state index in [1.165, 1.54) is 4.90 Å². The first kappa shape index (κ1) is 30.2. The van der Waals surface area contributed by atoms with Gasteiger partial charge in [-0.05, 0) is 56.4 Å². The number of nitrogens with one attached hydrogen (secondary N) is 2. The Balaban J connectivity index is 2.45. The van der Waals surface area contributed by atoms with Gasteiger partial charge in [-0.25, -0.2) is 4.79 Å². The van der Waals surface area contributed by atoms with Crippen molar-refractivity contribution in [3.63, 3.8) is 0 Å². The standard InChI is InChI=1S/C31H39N3O4/c1-8-19-34(29(36)26(20-22(3)4)33-30(37)38-31(5,6)7)27(25-17-15-23(9-2)16-18-25)28(35)32-21-24-13-11-10-12-14-24/h2,8,10-18,22,26-27H,1,19-21H2,3-7H3,(H,32,35)(H,33,37). The highest BCUT2D eigenvalue weighted by Gasteiger charge is 2.36. The molecule has 0 saturated heterocycles. The van der Waals surface area contributed by atoms with Gasteiger partial charge in [-0.3, -0.25) is 9.59 Å². The van der Waals surface area contributed by atoms with Crippen LogP contribution in [0, 0.1) is 18.3 Å². The van der Waals surface area contributed by atoms with Gasteiger partial charge in [-0.1, -0.05) is 68.3 Å². The Morgan fingerprint density at radius 1 is 1.08 bits per heavy atom. The summed E-state index contributed by atoms with van der Waals surface area (Å²) in [5.41, 5.74) is 1.44. The Morgan fingerprint density at radius 3 is 2.24 bits per heavy atom. The van der Waals surface area contributed by atoms with Crippen LogP contribution in [0.1, 0.15) is 63.8 Å². The second-order valence-electron chi connectivity index (χ2n) is 10.5. The summed E-state index contributed by atoms with van der Waals surface area (Å²) in [6.07, 6.45) is 6.75. The van der Waals surface area contributed by atoms with E-state index in [4.69, 9.17) is 11.2 Å². The van der Waals surface area contributed by atoms with Gasteiger partial charge in [0.15, 0.2) is 0 Å². The van der Waals surface area contributed by atoms with Crippen LogP contribution in [0.5, 0.6) is 0 Å². The van der Waals surface area contributed by atoms with Gasteiger partial charge >= 0.3 is 6.09 Å². The highest BCUT2D eigenvalue weighted by Crippen LogP contribution is 2.24. The molecule has 2 aromatic carbocycles. The van der Waals surface area contributed by atoms with Crippen LogP contribution in [0.25, 0.3) is 0 Å². The molecule has 7 nitrogen and oxygen atoms in total. The molecule has 0 fully saturated rings. The third kappa shape index (κ3) is 9.44. The maximum Gasteiger partial charge on any atom is 0.408 e. The zero-order valence-electron chi connectivity index (χ0n) is 23.0. The first-order valence-corrected chi connectivity index (χ1v) is 12.7. The maximum absolute atomic E-state index is 14.0. The average Bonchev–Trinajstić information content (AvgIpc) is 2.86. The summed E-state index contributed by atoms with van der Waals surface area (Å²) >= 11 is 0. The molecule has 2 N–H and O–H groups in total. The van der Waals surface area contributed by atoms with Crippen LogP contribution in [-0.2, 0) is 20.9 Å². The van der Waals surface area contributed by atoms with E-state index in [0.29, 0.717) is 24.1 Å². The lowest BCUT2D eigenvalue weighted by Gasteiger charge is -2.34. The Morgan fingerprint density at radius 2 is 1.71 bits per heavy atom. The van der Waals surface area contributed by atoms with E-state index in [1.54, 1.807) is 51.1 Å². The van der Waals surface area contributed by atoms with Crippen LogP contribution in [0.15, 0.2) is 67.3 Å². The number of amides is 3. The molecular formula is C31H39N3O4. The van der Waals surface area contributed by atoms with E-state index in [9.17, 15) is 14.4 Å². The predicted octanol–water partition coefficient (Wildman–Crippen LogP) is 4.98. The number of carbonyl (C=O) groups is 3. The molecule has 0 aliphatic carbocycles. The first-order valence-electron chi connectivity index (χ1n) is 12.7. The molecule has 0 radical (unpaired) electrons. The fraction of sp³-hybridized carbons (Fsp3) is 0.387. The summed E-state index contributed by atoms with van der Waals surface area (Å²) in [5.74, 6) is 1.88. The molecule has 202 valence electrons. The van der Waals surface area contributed by atoms with Crippen LogP contribution >= 0.6 is 0 Å². The summed E-state index contributed by atoms with van der Waals surface area (Å²) in [5, 5.41) is 5.67. The summed E-state index contributed by atoms with van der Waals surface area (Å²) in [4.78, 5) is 41.7. The zero-order valence-corrected chi connectivity index (χ0v) is 23.0. The number of rotatable bonds is 11. The predicted molar refractivity (Wildman–Crippen MR) is 150 cm³/mol. The third-order valence-electron chi connectivity index (χ3n) is 5.57. The van der Waals surface area contributed by atoms with Crippen molar-refractivity contribution in [1.82, 2.24) is 15.5 Å². The topological polar surface area (TPSA) is 87.7 Å². The van der Waals surface area contributed by atoms with Gasteiger partial charge in [0.25, 0.3) is 0 Å². The number of hydrogen-bond acceptors (Lipinski definition) is 4. The highest BCUT2D eigenvalue weighted by molar-refractivity contribution is 5.92. The van der Waals surface area contributed by atoms with Crippen molar-refractivity contribution in [2.24, 2.45) is 5.92 Å². The Labute approximate surface area is 226 Å². The molecule has 3 amide bonds. The quantitative estimate of drug-likeness (QED) is 0.325. The molecule has 0 heterocycles. The number of carbonyl (C=O) groups excluding carboxylic acids is 3. The molecule has 0 bridgehead atoms. The van der Waals surface area contributed by atoms with Gasteiger partial charge in [0, 0.05) is 18.7 Å². The van der Waals surface area contributed by atoms with Gasteiger partial charge in [-0.15, -0.1) is 13.0 Å². The Bertz CT molecular complexity index is 1130. The summed E-state index contributed by atoms with van der Waals surface area (Å²) in [6, 6.07) is 14.6. The van der Waals surface area contributed by atoms with Crippen molar-refractivity contribution in [1.29, 1.82) is 0 Å². The van der Waals surface area contributed by atoms with Gasteiger partial charge in [0.05, 0.1) is 0 Å². The number of hydrogen-bond donors (Lipinski definition) is 2. The van der Waals surface area contributed by atoms with Crippen LogP contribution in [0.2, 0.25) is 0 Å². The molecule has 38 heavy (non-hydrogen) atoms. The summed E-state index contributed by atoms with van der Waals surface area (Å²) in [6.45, 7) is 13.4. The number of alkyl carbamates (subject to hydrolysis) is 1. The lowest BCUT2D eigenvalue weighted by atomic mass is 9.98. The van der Waals surface area contributed by atoms with Crippen molar-refractivity contribution in [3.05, 3.63) is 83.9 Å². The molecular weight excluding hydrogens is 478 g/mol. The summed E-state index contributed by atoms with van der Waals surface area (Å²) < 4.78 is 5.41. The van der Waals surface area contributed by atoms with Gasteiger partial charge in [-0.2, -0.15) is 0 Å². The number of ether oxygens (including phenoxy) is 1. The Hall–Kier alpha value is -4.05. The Kier molecular flexibility index (Phi) is 11.1. The molecule has 0 spiro atoms. The van der Waals surface area contributed by atoms with Gasteiger partial charge in [0.2, 0.25) is 11.8 Å². The van der Waals surface area contributed by atoms with Crippen molar-refractivity contribution in [2.75, 3.05) is 6.54 Å². The number of benzene rings is 2. The van der Waals surface area contributed by atoms with E-state index in [2.05, 4.69) is 23.1 Å². The van der Waals surface area contributed by atoms with E-state index in [1.807, 2.05) is 44.2 Å². The third-order valence-corrected chi connectivity index (χ3v) is 5.57. The molecule has 0 aliphatic heterocycles. The minimum absolute atomic E-state index is 0.0870. The normalized spacial score (nSPS) is 12.6. The number of nitrogens with zero attached hydrogens (tertiary/aromatic N) is 1. The smallest absolute Gasteiger partial charge is 0.408 e. The van der Waals surface area contributed by atoms with E-state index in [0.717, 1.165) is 5.56 Å². The molecule has 2 aromatic rings. The SMILES string of the molecule is C#Cc1ccc(C(C(=O)NCc2ccccc2)N(CC=C)C(=O)C(CC(C)C)NC(=O)OC(C)(C)C)cc1. The molecule has 2 rings (SSSR count). The minimum atomic E-state index is -0.980. The van der Waals surface area contributed by atoms with E-state index < -0.39 is 29.7 Å². The summed E-state index contributed by atoms with van der Waals surface area (Å²) in [7, 11) is 0. The monoisotopic (exact) mass is 517 g/mol. The first-order chi connectivity index (χ1) is 17.9. The van der Waals surface area contributed by atoms with Crippen molar-refractivity contribution in [3.8, 4) is 12.3 Å². The van der Waals surface area contributed by atoms with Crippen molar-refractivity contribution in [2.45, 2.75) is 65.3 Å².